The van der Waals surface area contributed by atoms with Crippen molar-refractivity contribution in [2.45, 2.75) is 0 Å². The number of hydrogen-bond acceptors (Lipinski definition) is 2. The molecule has 0 aliphatic heterocycles. The molecule has 7 aromatic carbocycles. The van der Waals surface area contributed by atoms with E-state index in [2.05, 4.69) is 143 Å². The lowest BCUT2D eigenvalue weighted by Crippen LogP contribution is -1.95. The summed E-state index contributed by atoms with van der Waals surface area (Å²) in [5, 5.41) is 10.2. The molecule has 0 fully saturated rings. The van der Waals surface area contributed by atoms with Crippen molar-refractivity contribution < 1.29 is 0 Å². The van der Waals surface area contributed by atoms with Crippen LogP contribution < -0.4 is 0 Å². The molecule has 0 aliphatic rings. The molecule has 3 heterocycles. The van der Waals surface area contributed by atoms with Gasteiger partial charge in [0.2, 0.25) is 5.78 Å². The first-order valence-electron chi connectivity index (χ1n) is 15.6. The minimum atomic E-state index is 0.702. The van der Waals surface area contributed by atoms with E-state index in [9.17, 15) is 0 Å². The second-order valence-electron chi connectivity index (χ2n) is 11.9. The van der Waals surface area contributed by atoms with E-state index in [1.54, 1.807) is 6.20 Å². The topological polar surface area (TPSA) is 35.1 Å². The Labute approximate surface area is 264 Å². The van der Waals surface area contributed by atoms with Crippen molar-refractivity contribution in [1.82, 2.24) is 18.9 Å². The molecular weight excluding hydrogens is 560 g/mol. The Hall–Kier alpha value is -6.26. The number of fused-ring (bicyclic) bond motifs is 11. The maximum Gasteiger partial charge on any atom is 0.234 e. The van der Waals surface area contributed by atoms with Gasteiger partial charge in [0.05, 0.1) is 16.7 Å². The molecule has 0 N–H and O–H groups in total. The Balaban J connectivity index is 1.27. The number of imidazole rings is 1. The van der Waals surface area contributed by atoms with Gasteiger partial charge >= 0.3 is 0 Å². The predicted molar refractivity (Wildman–Crippen MR) is 191 cm³/mol. The third kappa shape index (κ3) is 3.61. The number of aromatic nitrogens is 4. The van der Waals surface area contributed by atoms with Crippen LogP contribution in [0.1, 0.15) is 0 Å². The molecule has 4 nitrogen and oxygen atoms in total. The number of nitrogens with zero attached hydrogens (tertiary/aromatic N) is 4. The Morgan fingerprint density at radius 3 is 2.02 bits per heavy atom. The van der Waals surface area contributed by atoms with Crippen molar-refractivity contribution in [3.05, 3.63) is 158 Å². The summed E-state index contributed by atoms with van der Waals surface area (Å²) >= 11 is 0. The smallest absolute Gasteiger partial charge is 0.234 e. The fraction of sp³-hybridized carbons (Fsp3) is 0. The van der Waals surface area contributed by atoms with Gasteiger partial charge in [0.15, 0.2) is 0 Å². The lowest BCUT2D eigenvalue weighted by molar-refractivity contribution is 1.11. The predicted octanol–water partition coefficient (Wildman–Crippen LogP) is 10.6. The molecule has 46 heavy (non-hydrogen) atoms. The van der Waals surface area contributed by atoms with E-state index < -0.39 is 0 Å². The van der Waals surface area contributed by atoms with Gasteiger partial charge in [-0.15, -0.1) is 0 Å². The van der Waals surface area contributed by atoms with Gasteiger partial charge in [-0.25, -0.2) is 9.97 Å². The van der Waals surface area contributed by atoms with Crippen LogP contribution in [0, 0.1) is 0 Å². The zero-order chi connectivity index (χ0) is 30.2. The lowest BCUT2D eigenvalue weighted by Gasteiger charge is -2.14. The Bertz CT molecular complexity index is 2750. The first kappa shape index (κ1) is 25.1. The molecule has 0 amide bonds. The summed E-state index contributed by atoms with van der Waals surface area (Å²) in [6.45, 7) is 0. The van der Waals surface area contributed by atoms with Crippen LogP contribution in [-0.2, 0) is 0 Å². The Morgan fingerprint density at radius 2 is 1.17 bits per heavy atom. The maximum atomic E-state index is 4.72. The van der Waals surface area contributed by atoms with Crippen molar-refractivity contribution in [3.8, 4) is 28.1 Å². The van der Waals surface area contributed by atoms with Crippen LogP contribution in [-0.4, -0.2) is 18.9 Å². The van der Waals surface area contributed by atoms with Crippen LogP contribution in [0.15, 0.2) is 158 Å². The fourth-order valence-corrected chi connectivity index (χ4v) is 7.31. The standard InChI is InChI=1S/C42H26N4/c1-2-10-31(11-3-1)46-38-25-30(27-15-17-29(18-16-27)37-26-45-24-8-23-43-42(45)44-37)20-22-36(38)40-34-14-7-6-13-33(34)35-21-19-28-9-4-5-12-32(28)39(35)41(40)46/h1-26H. The molecule has 0 radical (unpaired) electrons. The van der Waals surface area contributed by atoms with Crippen molar-refractivity contribution >= 4 is 59.9 Å². The molecule has 0 aliphatic carbocycles. The summed E-state index contributed by atoms with van der Waals surface area (Å²) in [6.07, 6.45) is 5.78. The van der Waals surface area contributed by atoms with Crippen LogP contribution >= 0.6 is 0 Å². The zero-order valence-corrected chi connectivity index (χ0v) is 24.8. The number of rotatable bonds is 3. The molecular formula is C42H26N4. The molecule has 10 rings (SSSR count). The van der Waals surface area contributed by atoms with Gasteiger partial charge in [0, 0.05) is 46.0 Å². The van der Waals surface area contributed by atoms with E-state index in [0.717, 1.165) is 22.5 Å². The van der Waals surface area contributed by atoms with E-state index in [-0.39, 0.29) is 0 Å². The van der Waals surface area contributed by atoms with Gasteiger partial charge in [0.25, 0.3) is 0 Å². The number of benzene rings is 7. The van der Waals surface area contributed by atoms with E-state index in [1.807, 2.05) is 22.9 Å². The van der Waals surface area contributed by atoms with Crippen LogP contribution in [0.5, 0.6) is 0 Å². The summed E-state index contributed by atoms with van der Waals surface area (Å²) in [4.78, 5) is 9.09. The van der Waals surface area contributed by atoms with Crippen LogP contribution in [0.2, 0.25) is 0 Å². The van der Waals surface area contributed by atoms with Gasteiger partial charge < -0.3 is 4.57 Å². The molecule has 0 bridgehead atoms. The van der Waals surface area contributed by atoms with E-state index >= 15 is 0 Å². The largest absolute Gasteiger partial charge is 0.309 e. The quantitative estimate of drug-likeness (QED) is 0.193. The second-order valence-corrected chi connectivity index (χ2v) is 11.9. The number of para-hydroxylation sites is 1. The van der Waals surface area contributed by atoms with E-state index in [4.69, 9.17) is 4.98 Å². The Kier molecular flexibility index (Phi) is 5.25. The zero-order valence-electron chi connectivity index (χ0n) is 24.8. The highest BCUT2D eigenvalue weighted by Crippen LogP contribution is 2.45. The van der Waals surface area contributed by atoms with Gasteiger partial charge in [-0.05, 0) is 62.3 Å². The van der Waals surface area contributed by atoms with Gasteiger partial charge in [-0.3, -0.25) is 4.40 Å². The highest BCUT2D eigenvalue weighted by Gasteiger charge is 2.21. The van der Waals surface area contributed by atoms with Crippen molar-refractivity contribution in [2.24, 2.45) is 0 Å². The van der Waals surface area contributed by atoms with Gasteiger partial charge in [-0.2, -0.15) is 0 Å². The highest BCUT2D eigenvalue weighted by molar-refractivity contribution is 6.36. The molecule has 0 saturated carbocycles. The summed E-state index contributed by atoms with van der Waals surface area (Å²) in [5.41, 5.74) is 7.92. The molecule has 0 atom stereocenters. The molecule has 3 aromatic heterocycles. The first-order chi connectivity index (χ1) is 22.8. The third-order valence-electron chi connectivity index (χ3n) is 9.38. The minimum Gasteiger partial charge on any atom is -0.309 e. The first-order valence-corrected chi connectivity index (χ1v) is 15.6. The molecule has 4 heteroatoms. The summed E-state index contributed by atoms with van der Waals surface area (Å²) in [5.74, 6) is 0.702. The molecule has 10 aromatic rings. The highest BCUT2D eigenvalue weighted by atomic mass is 15.1. The second kappa shape index (κ2) is 9.62. The normalized spacial score (nSPS) is 11.9. The fourth-order valence-electron chi connectivity index (χ4n) is 7.31. The van der Waals surface area contributed by atoms with Gasteiger partial charge in [0.1, 0.15) is 0 Å². The minimum absolute atomic E-state index is 0.702. The summed E-state index contributed by atoms with van der Waals surface area (Å²) in [7, 11) is 0. The van der Waals surface area contributed by atoms with Crippen molar-refractivity contribution in [2.75, 3.05) is 0 Å². The third-order valence-corrected chi connectivity index (χ3v) is 9.38. The lowest BCUT2D eigenvalue weighted by atomic mass is 9.93. The van der Waals surface area contributed by atoms with Crippen LogP contribution in [0.3, 0.4) is 0 Å². The molecule has 0 unspecified atom stereocenters. The average molecular weight is 587 g/mol. The summed E-state index contributed by atoms with van der Waals surface area (Å²) in [6, 6.07) is 50.6. The molecule has 0 saturated heterocycles. The van der Waals surface area contributed by atoms with Crippen molar-refractivity contribution in [1.29, 1.82) is 0 Å². The Morgan fingerprint density at radius 1 is 0.500 bits per heavy atom. The van der Waals surface area contributed by atoms with Crippen LogP contribution in [0.25, 0.3) is 88.0 Å². The molecule has 0 spiro atoms. The van der Waals surface area contributed by atoms with Gasteiger partial charge in [-0.1, -0.05) is 115 Å². The summed E-state index contributed by atoms with van der Waals surface area (Å²) < 4.78 is 4.43. The van der Waals surface area contributed by atoms with E-state index in [0.29, 0.717) is 5.78 Å². The monoisotopic (exact) mass is 586 g/mol. The SMILES string of the molecule is c1ccc(-n2c3cc(-c4ccc(-c5cn6cccnc6n5)cc4)ccc3c3c4ccccc4c4ccc5ccccc5c4c32)cc1. The number of hydrogen-bond donors (Lipinski definition) is 0. The molecule has 214 valence electrons. The maximum absolute atomic E-state index is 4.72. The van der Waals surface area contributed by atoms with Crippen LogP contribution in [0.4, 0.5) is 0 Å². The van der Waals surface area contributed by atoms with E-state index in [1.165, 1.54) is 59.7 Å². The average Bonchev–Trinajstić information content (AvgIpc) is 3.71. The van der Waals surface area contributed by atoms with Crippen molar-refractivity contribution in [3.63, 3.8) is 0 Å².